The topological polar surface area (TPSA) is 73.7 Å². The molecule has 2 aromatic rings. The van der Waals surface area contributed by atoms with E-state index in [1.54, 1.807) is 24.1 Å². The van der Waals surface area contributed by atoms with E-state index in [1.165, 1.54) is 30.5 Å². The summed E-state index contributed by atoms with van der Waals surface area (Å²) in [5.41, 5.74) is 0.851. The van der Waals surface area contributed by atoms with E-state index < -0.39 is 21.9 Å². The number of morpholine rings is 1. The molecule has 0 radical (unpaired) electrons. The Morgan fingerprint density at radius 2 is 2.16 bits per heavy atom. The number of nitrogens with zero attached hydrogens (tertiary/aromatic N) is 3. The van der Waals surface area contributed by atoms with Crippen molar-refractivity contribution >= 4 is 10.0 Å². The summed E-state index contributed by atoms with van der Waals surface area (Å²) >= 11 is 0. The molecule has 1 fully saturated rings. The molecule has 1 atom stereocenters. The molecule has 1 aromatic carbocycles. The first-order valence-electron chi connectivity index (χ1n) is 7.78. The third-order valence-electron chi connectivity index (χ3n) is 4.26. The molecular formula is C16H20FN3O4S. The predicted octanol–water partition coefficient (Wildman–Crippen LogP) is 1.64. The van der Waals surface area contributed by atoms with Gasteiger partial charge in [-0.05, 0) is 19.1 Å². The van der Waals surface area contributed by atoms with Crippen LogP contribution in [0.1, 0.15) is 17.2 Å². The van der Waals surface area contributed by atoms with Gasteiger partial charge in [-0.1, -0.05) is 0 Å². The quantitative estimate of drug-likeness (QED) is 0.819. The fourth-order valence-corrected chi connectivity index (χ4v) is 4.51. The van der Waals surface area contributed by atoms with Crippen molar-refractivity contribution in [1.29, 1.82) is 0 Å². The van der Waals surface area contributed by atoms with Gasteiger partial charge in [0.1, 0.15) is 0 Å². The minimum absolute atomic E-state index is 0.0201. The minimum atomic E-state index is -3.84. The minimum Gasteiger partial charge on any atom is -0.494 e. The second-order valence-electron chi connectivity index (χ2n) is 5.87. The third-order valence-corrected chi connectivity index (χ3v) is 6.27. The van der Waals surface area contributed by atoms with Gasteiger partial charge in [-0.15, -0.1) is 0 Å². The Balaban J connectivity index is 1.91. The highest BCUT2D eigenvalue weighted by Crippen LogP contribution is 2.31. The molecule has 9 heteroatoms. The van der Waals surface area contributed by atoms with Gasteiger partial charge in [0.25, 0.3) is 0 Å². The fraction of sp³-hybridized carbons (Fsp3) is 0.438. The Hall–Kier alpha value is -1.97. The van der Waals surface area contributed by atoms with Crippen molar-refractivity contribution in [3.63, 3.8) is 0 Å². The molecule has 1 aliphatic heterocycles. The number of hydrogen-bond acceptors (Lipinski definition) is 5. The zero-order valence-electron chi connectivity index (χ0n) is 14.3. The highest BCUT2D eigenvalue weighted by molar-refractivity contribution is 7.89. The van der Waals surface area contributed by atoms with Crippen LogP contribution in [0, 0.1) is 12.7 Å². The first-order valence-corrected chi connectivity index (χ1v) is 9.22. The lowest BCUT2D eigenvalue weighted by Crippen LogP contribution is -2.42. The lowest BCUT2D eigenvalue weighted by Gasteiger charge is -2.32. The number of methoxy groups -OCH3 is 1. The summed E-state index contributed by atoms with van der Waals surface area (Å²) in [4.78, 5) is -0.0577. The standard InChI is InChI=1S/C16H20FN3O4S/c1-11-15(5-4-13(23-3)16(11)17)25(21,22)20-6-7-24-14(10-20)12-8-18-19(2)9-12/h4-5,8-9,14H,6-7,10H2,1-3H3. The molecule has 2 heterocycles. The molecule has 136 valence electrons. The highest BCUT2D eigenvalue weighted by Gasteiger charge is 2.33. The van der Waals surface area contributed by atoms with E-state index in [0.29, 0.717) is 0 Å². The van der Waals surface area contributed by atoms with Crippen LogP contribution in [-0.2, 0) is 21.8 Å². The summed E-state index contributed by atoms with van der Waals surface area (Å²) in [6, 6.07) is 2.70. The van der Waals surface area contributed by atoms with E-state index >= 15 is 0 Å². The summed E-state index contributed by atoms with van der Waals surface area (Å²) in [6.45, 7) is 2.06. The van der Waals surface area contributed by atoms with E-state index in [-0.39, 0.29) is 35.9 Å². The average molecular weight is 369 g/mol. The molecule has 1 saturated heterocycles. The lowest BCUT2D eigenvalue weighted by molar-refractivity contribution is -0.00260. The van der Waals surface area contributed by atoms with Crippen LogP contribution >= 0.6 is 0 Å². The number of sulfonamides is 1. The van der Waals surface area contributed by atoms with Crippen molar-refractivity contribution in [3.8, 4) is 5.75 Å². The molecule has 0 bridgehead atoms. The molecule has 0 N–H and O–H groups in total. The fourth-order valence-electron chi connectivity index (χ4n) is 2.87. The van der Waals surface area contributed by atoms with E-state index in [9.17, 15) is 12.8 Å². The van der Waals surface area contributed by atoms with Crippen molar-refractivity contribution in [2.24, 2.45) is 7.05 Å². The third kappa shape index (κ3) is 3.26. The van der Waals surface area contributed by atoms with Crippen LogP contribution in [0.25, 0.3) is 0 Å². The second-order valence-corrected chi connectivity index (χ2v) is 7.78. The number of hydrogen-bond donors (Lipinski definition) is 0. The summed E-state index contributed by atoms with van der Waals surface area (Å²) in [6.07, 6.45) is 3.04. The van der Waals surface area contributed by atoms with Gasteiger partial charge in [-0.2, -0.15) is 9.40 Å². The summed E-state index contributed by atoms with van der Waals surface area (Å²) in [7, 11) is -0.722. The molecule has 0 spiro atoms. The Morgan fingerprint density at radius 1 is 1.40 bits per heavy atom. The van der Waals surface area contributed by atoms with Gasteiger partial charge < -0.3 is 9.47 Å². The molecule has 1 aromatic heterocycles. The average Bonchev–Trinajstić information content (AvgIpc) is 3.03. The molecule has 0 aliphatic carbocycles. The highest BCUT2D eigenvalue weighted by atomic mass is 32.2. The summed E-state index contributed by atoms with van der Waals surface area (Å²) < 4.78 is 53.8. The Kier molecular flexibility index (Phi) is 4.81. The van der Waals surface area contributed by atoms with Crippen LogP contribution in [0.15, 0.2) is 29.4 Å². The van der Waals surface area contributed by atoms with Gasteiger partial charge >= 0.3 is 0 Å². The van der Waals surface area contributed by atoms with E-state index in [2.05, 4.69) is 5.10 Å². The summed E-state index contributed by atoms with van der Waals surface area (Å²) in [5.74, 6) is -0.646. The predicted molar refractivity (Wildman–Crippen MR) is 88.3 cm³/mol. The second kappa shape index (κ2) is 6.74. The number of rotatable bonds is 4. The number of ether oxygens (including phenoxy) is 2. The summed E-state index contributed by atoms with van der Waals surface area (Å²) in [5, 5.41) is 4.09. The molecule has 3 rings (SSSR count). The first-order chi connectivity index (χ1) is 11.8. The zero-order chi connectivity index (χ0) is 18.2. The van der Waals surface area contributed by atoms with Crippen molar-refractivity contribution in [2.75, 3.05) is 26.8 Å². The van der Waals surface area contributed by atoms with Gasteiger partial charge in [-0.3, -0.25) is 4.68 Å². The van der Waals surface area contributed by atoms with Crippen molar-refractivity contribution in [1.82, 2.24) is 14.1 Å². The maximum atomic E-state index is 14.3. The number of halogens is 1. The molecule has 0 amide bonds. The van der Waals surface area contributed by atoms with Crippen LogP contribution in [0.4, 0.5) is 4.39 Å². The number of aryl methyl sites for hydroxylation is 1. The van der Waals surface area contributed by atoms with Crippen LogP contribution < -0.4 is 4.74 Å². The van der Waals surface area contributed by atoms with E-state index in [1.807, 2.05) is 0 Å². The normalized spacial score (nSPS) is 19.1. The molecular weight excluding hydrogens is 349 g/mol. The zero-order valence-corrected chi connectivity index (χ0v) is 15.1. The van der Waals surface area contributed by atoms with Crippen LogP contribution in [0.5, 0.6) is 5.75 Å². The van der Waals surface area contributed by atoms with Crippen molar-refractivity contribution < 1.29 is 22.3 Å². The Morgan fingerprint density at radius 3 is 2.80 bits per heavy atom. The van der Waals surface area contributed by atoms with E-state index in [0.717, 1.165) is 5.56 Å². The lowest BCUT2D eigenvalue weighted by atomic mass is 10.2. The molecule has 7 nitrogen and oxygen atoms in total. The van der Waals surface area contributed by atoms with Gasteiger partial charge in [0.2, 0.25) is 10.0 Å². The van der Waals surface area contributed by atoms with Gasteiger partial charge in [-0.25, -0.2) is 12.8 Å². The molecule has 0 saturated carbocycles. The monoisotopic (exact) mass is 369 g/mol. The van der Waals surface area contributed by atoms with Crippen LogP contribution in [-0.4, -0.2) is 49.3 Å². The molecule has 25 heavy (non-hydrogen) atoms. The molecule has 1 aliphatic rings. The van der Waals surface area contributed by atoms with Crippen molar-refractivity contribution in [2.45, 2.75) is 17.9 Å². The van der Waals surface area contributed by atoms with Gasteiger partial charge in [0.15, 0.2) is 11.6 Å². The van der Waals surface area contributed by atoms with Crippen molar-refractivity contribution in [3.05, 3.63) is 41.5 Å². The van der Waals surface area contributed by atoms with E-state index in [4.69, 9.17) is 9.47 Å². The number of aromatic nitrogens is 2. The molecule has 1 unspecified atom stereocenters. The van der Waals surface area contributed by atoms with Crippen LogP contribution in [0.3, 0.4) is 0 Å². The largest absolute Gasteiger partial charge is 0.494 e. The Bertz CT molecular complexity index is 882. The smallest absolute Gasteiger partial charge is 0.243 e. The maximum Gasteiger partial charge on any atom is 0.243 e. The van der Waals surface area contributed by atoms with Crippen LogP contribution in [0.2, 0.25) is 0 Å². The Labute approximate surface area is 146 Å². The van der Waals surface area contributed by atoms with Gasteiger partial charge in [0.05, 0.1) is 30.9 Å². The first kappa shape index (κ1) is 17.8. The van der Waals surface area contributed by atoms with Gasteiger partial charge in [0, 0.05) is 37.5 Å². The SMILES string of the molecule is COc1ccc(S(=O)(=O)N2CCOC(c3cnn(C)c3)C2)c(C)c1F. The number of benzene rings is 1. The maximum absolute atomic E-state index is 14.3.